The van der Waals surface area contributed by atoms with Gasteiger partial charge in [0.05, 0.1) is 6.10 Å². The lowest BCUT2D eigenvalue weighted by Crippen LogP contribution is -2.08. The van der Waals surface area contributed by atoms with Gasteiger partial charge in [0.25, 0.3) is 0 Å². The van der Waals surface area contributed by atoms with Gasteiger partial charge in [-0.25, -0.2) is 0 Å². The van der Waals surface area contributed by atoms with Crippen molar-refractivity contribution < 1.29 is 4.74 Å². The third-order valence-electron chi connectivity index (χ3n) is 3.10. The van der Waals surface area contributed by atoms with Gasteiger partial charge in [0.1, 0.15) is 5.75 Å². The standard InChI is InChI=1S/C18H22O/c1-13(2)17-12-16(15-8-6-5-7-9-15)10-11-18(17)19-14(3)4/h5-14H,1-4H3. The van der Waals surface area contributed by atoms with Gasteiger partial charge in [-0.15, -0.1) is 0 Å². The SMILES string of the molecule is CC(C)Oc1ccc(-c2ccccc2)cc1C(C)C. The molecule has 0 saturated carbocycles. The molecule has 0 atom stereocenters. The molecule has 0 radical (unpaired) electrons. The van der Waals surface area contributed by atoms with E-state index < -0.39 is 0 Å². The van der Waals surface area contributed by atoms with Crippen molar-refractivity contribution in [3.05, 3.63) is 54.1 Å². The van der Waals surface area contributed by atoms with Crippen LogP contribution in [0.1, 0.15) is 39.2 Å². The predicted octanol–water partition coefficient (Wildman–Crippen LogP) is 5.26. The van der Waals surface area contributed by atoms with Crippen molar-refractivity contribution in [2.24, 2.45) is 0 Å². The zero-order valence-corrected chi connectivity index (χ0v) is 12.2. The molecule has 0 aliphatic rings. The zero-order valence-electron chi connectivity index (χ0n) is 12.2. The minimum Gasteiger partial charge on any atom is -0.491 e. The fourth-order valence-corrected chi connectivity index (χ4v) is 2.17. The lowest BCUT2D eigenvalue weighted by molar-refractivity contribution is 0.239. The summed E-state index contributed by atoms with van der Waals surface area (Å²) in [6, 6.07) is 17.0. The Hall–Kier alpha value is -1.76. The first kappa shape index (κ1) is 13.7. The Kier molecular flexibility index (Phi) is 4.26. The first-order valence-electron chi connectivity index (χ1n) is 6.94. The largest absolute Gasteiger partial charge is 0.491 e. The van der Waals surface area contributed by atoms with Gasteiger partial charge in [0, 0.05) is 0 Å². The Morgan fingerprint density at radius 1 is 0.789 bits per heavy atom. The van der Waals surface area contributed by atoms with E-state index in [0.717, 1.165) is 5.75 Å². The normalized spacial score (nSPS) is 11.1. The van der Waals surface area contributed by atoms with E-state index in [4.69, 9.17) is 4.74 Å². The smallest absolute Gasteiger partial charge is 0.123 e. The highest BCUT2D eigenvalue weighted by Crippen LogP contribution is 2.32. The van der Waals surface area contributed by atoms with Crippen LogP contribution in [-0.2, 0) is 0 Å². The maximum atomic E-state index is 5.90. The van der Waals surface area contributed by atoms with Gasteiger partial charge >= 0.3 is 0 Å². The summed E-state index contributed by atoms with van der Waals surface area (Å²) in [5, 5.41) is 0. The summed E-state index contributed by atoms with van der Waals surface area (Å²) in [6.45, 7) is 8.54. The minimum atomic E-state index is 0.208. The van der Waals surface area contributed by atoms with Crippen LogP contribution < -0.4 is 4.74 Å². The van der Waals surface area contributed by atoms with Gasteiger partial charge in [-0.05, 0) is 48.6 Å². The summed E-state index contributed by atoms with van der Waals surface area (Å²) < 4.78 is 5.90. The second kappa shape index (κ2) is 5.92. The van der Waals surface area contributed by atoms with Crippen LogP contribution in [0, 0.1) is 0 Å². The molecule has 19 heavy (non-hydrogen) atoms. The van der Waals surface area contributed by atoms with Crippen LogP contribution in [0.4, 0.5) is 0 Å². The summed E-state index contributed by atoms with van der Waals surface area (Å²) in [5.41, 5.74) is 3.77. The lowest BCUT2D eigenvalue weighted by atomic mass is 9.96. The van der Waals surface area contributed by atoms with Crippen LogP contribution in [0.15, 0.2) is 48.5 Å². The van der Waals surface area contributed by atoms with E-state index in [-0.39, 0.29) is 6.10 Å². The maximum absolute atomic E-state index is 5.90. The van der Waals surface area contributed by atoms with E-state index >= 15 is 0 Å². The molecule has 1 heteroatoms. The molecule has 2 aromatic carbocycles. The Morgan fingerprint density at radius 3 is 2.05 bits per heavy atom. The molecule has 0 aromatic heterocycles. The molecule has 0 amide bonds. The highest BCUT2D eigenvalue weighted by atomic mass is 16.5. The molecule has 0 saturated heterocycles. The molecule has 0 N–H and O–H groups in total. The fraction of sp³-hybridized carbons (Fsp3) is 0.333. The number of rotatable bonds is 4. The van der Waals surface area contributed by atoms with Crippen molar-refractivity contribution >= 4 is 0 Å². The third kappa shape index (κ3) is 3.37. The van der Waals surface area contributed by atoms with Crippen LogP contribution in [0.2, 0.25) is 0 Å². The molecule has 0 aliphatic heterocycles. The van der Waals surface area contributed by atoms with Gasteiger partial charge in [0.2, 0.25) is 0 Å². The van der Waals surface area contributed by atoms with Crippen LogP contribution in [0.25, 0.3) is 11.1 Å². The van der Waals surface area contributed by atoms with Gasteiger partial charge in [-0.2, -0.15) is 0 Å². The van der Waals surface area contributed by atoms with Gasteiger partial charge in [-0.1, -0.05) is 50.2 Å². The molecule has 1 nitrogen and oxygen atoms in total. The minimum absolute atomic E-state index is 0.208. The fourth-order valence-electron chi connectivity index (χ4n) is 2.17. The first-order chi connectivity index (χ1) is 9.08. The van der Waals surface area contributed by atoms with Crippen molar-refractivity contribution in [3.63, 3.8) is 0 Å². The van der Waals surface area contributed by atoms with Crippen LogP contribution in [0.5, 0.6) is 5.75 Å². The van der Waals surface area contributed by atoms with E-state index in [1.165, 1.54) is 16.7 Å². The predicted molar refractivity (Wildman–Crippen MR) is 81.7 cm³/mol. The van der Waals surface area contributed by atoms with Gasteiger partial charge < -0.3 is 4.74 Å². The van der Waals surface area contributed by atoms with E-state index in [0.29, 0.717) is 5.92 Å². The summed E-state index contributed by atoms with van der Waals surface area (Å²) >= 11 is 0. The van der Waals surface area contributed by atoms with Crippen molar-refractivity contribution in [1.29, 1.82) is 0 Å². The van der Waals surface area contributed by atoms with Crippen molar-refractivity contribution in [2.45, 2.75) is 39.7 Å². The molecular weight excluding hydrogens is 232 g/mol. The average Bonchev–Trinajstić information content (AvgIpc) is 2.39. The quantitative estimate of drug-likeness (QED) is 0.722. The summed E-state index contributed by atoms with van der Waals surface area (Å²) in [6.07, 6.45) is 0.208. The lowest BCUT2D eigenvalue weighted by Gasteiger charge is -2.17. The average molecular weight is 254 g/mol. The van der Waals surface area contributed by atoms with E-state index in [1.54, 1.807) is 0 Å². The molecule has 0 bridgehead atoms. The molecule has 0 heterocycles. The number of ether oxygens (including phenoxy) is 1. The third-order valence-corrected chi connectivity index (χ3v) is 3.10. The van der Waals surface area contributed by atoms with Crippen LogP contribution >= 0.6 is 0 Å². The number of hydrogen-bond donors (Lipinski definition) is 0. The first-order valence-corrected chi connectivity index (χ1v) is 6.94. The second-order valence-corrected chi connectivity index (χ2v) is 5.44. The molecule has 2 rings (SSSR count). The van der Waals surface area contributed by atoms with Crippen molar-refractivity contribution in [1.82, 2.24) is 0 Å². The van der Waals surface area contributed by atoms with Gasteiger partial charge in [0.15, 0.2) is 0 Å². The molecule has 2 aromatic rings. The molecule has 0 fully saturated rings. The van der Waals surface area contributed by atoms with E-state index in [1.807, 2.05) is 6.07 Å². The highest BCUT2D eigenvalue weighted by molar-refractivity contribution is 5.65. The summed E-state index contributed by atoms with van der Waals surface area (Å²) in [7, 11) is 0. The molecule has 0 spiro atoms. The topological polar surface area (TPSA) is 9.23 Å². The second-order valence-electron chi connectivity index (χ2n) is 5.44. The highest BCUT2D eigenvalue weighted by Gasteiger charge is 2.11. The van der Waals surface area contributed by atoms with Crippen LogP contribution in [-0.4, -0.2) is 6.10 Å². The Bertz CT molecular complexity index is 527. The number of hydrogen-bond acceptors (Lipinski definition) is 1. The van der Waals surface area contributed by atoms with Crippen molar-refractivity contribution in [2.75, 3.05) is 0 Å². The van der Waals surface area contributed by atoms with Crippen molar-refractivity contribution in [3.8, 4) is 16.9 Å². The molecule has 0 unspecified atom stereocenters. The summed E-state index contributed by atoms with van der Waals surface area (Å²) in [4.78, 5) is 0. The number of benzene rings is 2. The summed E-state index contributed by atoms with van der Waals surface area (Å²) in [5.74, 6) is 1.46. The van der Waals surface area contributed by atoms with E-state index in [9.17, 15) is 0 Å². The Balaban J connectivity index is 2.42. The Labute approximate surface area is 116 Å². The zero-order chi connectivity index (χ0) is 13.8. The van der Waals surface area contributed by atoms with Crippen LogP contribution in [0.3, 0.4) is 0 Å². The van der Waals surface area contributed by atoms with E-state index in [2.05, 4.69) is 70.2 Å². The Morgan fingerprint density at radius 2 is 1.47 bits per heavy atom. The molecular formula is C18H22O. The molecule has 100 valence electrons. The monoisotopic (exact) mass is 254 g/mol. The maximum Gasteiger partial charge on any atom is 0.123 e. The van der Waals surface area contributed by atoms with Gasteiger partial charge in [-0.3, -0.25) is 0 Å². The molecule has 0 aliphatic carbocycles.